The first-order valence-electron chi connectivity index (χ1n) is 12.6. The number of fused-ring (bicyclic) bond motifs is 1. The van der Waals surface area contributed by atoms with E-state index in [0.29, 0.717) is 18.3 Å². The van der Waals surface area contributed by atoms with Gasteiger partial charge in [-0.2, -0.15) is 0 Å². The summed E-state index contributed by atoms with van der Waals surface area (Å²) in [4.78, 5) is 9.01. The van der Waals surface area contributed by atoms with Crippen LogP contribution in [0.25, 0.3) is 22.2 Å². The van der Waals surface area contributed by atoms with Gasteiger partial charge in [-0.15, -0.1) is 0 Å². The van der Waals surface area contributed by atoms with Gasteiger partial charge < -0.3 is 25.1 Å². The van der Waals surface area contributed by atoms with E-state index in [0.717, 1.165) is 78.3 Å². The van der Waals surface area contributed by atoms with Crippen molar-refractivity contribution in [2.75, 3.05) is 32.0 Å². The SMILES string of the molecule is Nc1ncnc2c1c(-c1ccc(Oc3ccccc3)cc1)c(C#CC1CCNCC1)n2C1CCOC1. The summed E-state index contributed by atoms with van der Waals surface area (Å²) in [6, 6.07) is 18.0. The van der Waals surface area contributed by atoms with E-state index in [9.17, 15) is 0 Å². The summed E-state index contributed by atoms with van der Waals surface area (Å²) in [6.07, 6.45) is 4.57. The molecule has 2 aromatic heterocycles. The molecule has 2 fully saturated rings. The molecule has 0 spiro atoms. The van der Waals surface area contributed by atoms with E-state index in [2.05, 4.69) is 43.8 Å². The third-order valence-corrected chi connectivity index (χ3v) is 6.94. The lowest BCUT2D eigenvalue weighted by atomic mass is 9.97. The second-order valence-corrected chi connectivity index (χ2v) is 9.30. The van der Waals surface area contributed by atoms with Gasteiger partial charge in [0, 0.05) is 18.1 Å². The zero-order chi connectivity index (χ0) is 24.3. The Morgan fingerprint density at radius 1 is 0.972 bits per heavy atom. The molecular formula is C29H29N5O2. The molecule has 7 heteroatoms. The van der Waals surface area contributed by atoms with Crippen LogP contribution in [0.1, 0.15) is 31.0 Å². The highest BCUT2D eigenvalue weighted by molar-refractivity contribution is 6.03. The highest BCUT2D eigenvalue weighted by Crippen LogP contribution is 2.40. The average Bonchev–Trinajstić information content (AvgIpc) is 3.56. The van der Waals surface area contributed by atoms with Crippen molar-refractivity contribution in [2.24, 2.45) is 5.92 Å². The minimum atomic E-state index is 0.161. The number of ether oxygens (including phenoxy) is 2. The van der Waals surface area contributed by atoms with Crippen molar-refractivity contribution in [3.8, 4) is 34.5 Å². The van der Waals surface area contributed by atoms with Crippen LogP contribution in [0.4, 0.5) is 5.82 Å². The van der Waals surface area contributed by atoms with Crippen molar-refractivity contribution >= 4 is 16.9 Å². The van der Waals surface area contributed by atoms with E-state index in [4.69, 9.17) is 15.2 Å². The first kappa shape index (κ1) is 22.6. The monoisotopic (exact) mass is 479 g/mol. The molecule has 36 heavy (non-hydrogen) atoms. The molecule has 1 unspecified atom stereocenters. The van der Waals surface area contributed by atoms with Crippen molar-refractivity contribution in [3.63, 3.8) is 0 Å². The Morgan fingerprint density at radius 2 is 1.75 bits per heavy atom. The largest absolute Gasteiger partial charge is 0.457 e. The van der Waals surface area contributed by atoms with Gasteiger partial charge in [0.2, 0.25) is 0 Å². The highest BCUT2D eigenvalue weighted by Gasteiger charge is 2.28. The Labute approximate surface area is 210 Å². The van der Waals surface area contributed by atoms with Crippen LogP contribution in [-0.2, 0) is 4.74 Å². The van der Waals surface area contributed by atoms with Crippen LogP contribution in [0.3, 0.4) is 0 Å². The van der Waals surface area contributed by atoms with Gasteiger partial charge in [0.15, 0.2) is 0 Å². The lowest BCUT2D eigenvalue weighted by Crippen LogP contribution is -2.27. The number of benzene rings is 2. The third-order valence-electron chi connectivity index (χ3n) is 6.94. The number of nitrogens with two attached hydrogens (primary N) is 1. The van der Waals surface area contributed by atoms with Crippen LogP contribution in [0.2, 0.25) is 0 Å². The number of hydrogen-bond acceptors (Lipinski definition) is 6. The lowest BCUT2D eigenvalue weighted by Gasteiger charge is -2.18. The van der Waals surface area contributed by atoms with Gasteiger partial charge in [0.05, 0.1) is 18.0 Å². The van der Waals surface area contributed by atoms with Crippen LogP contribution < -0.4 is 15.8 Å². The average molecular weight is 480 g/mol. The van der Waals surface area contributed by atoms with Crippen molar-refractivity contribution in [1.82, 2.24) is 19.9 Å². The van der Waals surface area contributed by atoms with Gasteiger partial charge in [-0.3, -0.25) is 0 Å². The maximum atomic E-state index is 6.47. The van der Waals surface area contributed by atoms with Gasteiger partial charge in [-0.25, -0.2) is 9.97 Å². The van der Waals surface area contributed by atoms with E-state index < -0.39 is 0 Å². The second kappa shape index (κ2) is 10.0. The number of nitrogens with one attached hydrogen (secondary N) is 1. The lowest BCUT2D eigenvalue weighted by molar-refractivity contribution is 0.187. The molecule has 182 valence electrons. The Balaban J connectivity index is 1.48. The number of rotatable bonds is 4. The van der Waals surface area contributed by atoms with Gasteiger partial charge in [0.1, 0.15) is 35.0 Å². The van der Waals surface area contributed by atoms with Crippen molar-refractivity contribution in [1.29, 1.82) is 0 Å². The molecule has 6 rings (SSSR count). The molecule has 0 radical (unpaired) electrons. The van der Waals surface area contributed by atoms with Gasteiger partial charge in [-0.05, 0) is 68.1 Å². The maximum absolute atomic E-state index is 6.47. The molecule has 2 aliphatic rings. The summed E-state index contributed by atoms with van der Waals surface area (Å²) in [5.41, 5.74) is 10.2. The van der Waals surface area contributed by atoms with Crippen LogP contribution in [0, 0.1) is 17.8 Å². The van der Waals surface area contributed by atoms with Crippen molar-refractivity contribution < 1.29 is 9.47 Å². The fourth-order valence-electron chi connectivity index (χ4n) is 5.09. The predicted molar refractivity (Wildman–Crippen MR) is 141 cm³/mol. The maximum Gasteiger partial charge on any atom is 0.147 e. The summed E-state index contributed by atoms with van der Waals surface area (Å²) < 4.78 is 14.0. The highest BCUT2D eigenvalue weighted by atomic mass is 16.5. The number of piperidine rings is 1. The number of anilines is 1. The number of nitrogens with zero attached hydrogens (tertiary/aromatic N) is 3. The van der Waals surface area contributed by atoms with Gasteiger partial charge >= 0.3 is 0 Å². The van der Waals surface area contributed by atoms with E-state index in [1.54, 1.807) is 0 Å². The quantitative estimate of drug-likeness (QED) is 0.410. The molecule has 0 bridgehead atoms. The molecule has 0 amide bonds. The Morgan fingerprint density at radius 3 is 2.50 bits per heavy atom. The molecule has 7 nitrogen and oxygen atoms in total. The molecule has 2 aromatic carbocycles. The van der Waals surface area contributed by atoms with E-state index in [1.165, 1.54) is 6.33 Å². The number of aromatic nitrogens is 3. The van der Waals surface area contributed by atoms with E-state index >= 15 is 0 Å². The zero-order valence-corrected chi connectivity index (χ0v) is 20.1. The fraction of sp³-hybridized carbons (Fsp3) is 0.310. The Bertz CT molecular complexity index is 1410. The summed E-state index contributed by atoms with van der Waals surface area (Å²) in [6.45, 7) is 3.38. The minimum Gasteiger partial charge on any atom is -0.457 e. The van der Waals surface area contributed by atoms with Crippen molar-refractivity contribution in [3.05, 3.63) is 66.6 Å². The smallest absolute Gasteiger partial charge is 0.147 e. The number of nitrogen functional groups attached to an aromatic ring is 1. The van der Waals surface area contributed by atoms with Crippen LogP contribution in [0.15, 0.2) is 60.9 Å². The summed E-state index contributed by atoms with van der Waals surface area (Å²) in [7, 11) is 0. The van der Waals surface area contributed by atoms with Gasteiger partial charge in [-0.1, -0.05) is 36.3 Å². The minimum absolute atomic E-state index is 0.161. The fourth-order valence-corrected chi connectivity index (χ4v) is 5.09. The molecule has 2 aliphatic heterocycles. The van der Waals surface area contributed by atoms with Gasteiger partial charge in [0.25, 0.3) is 0 Å². The predicted octanol–water partition coefficient (Wildman–Crippen LogP) is 4.79. The summed E-state index contributed by atoms with van der Waals surface area (Å²) in [5.74, 6) is 9.54. The summed E-state index contributed by atoms with van der Waals surface area (Å²) >= 11 is 0. The van der Waals surface area contributed by atoms with Crippen molar-refractivity contribution in [2.45, 2.75) is 25.3 Å². The van der Waals surface area contributed by atoms with E-state index in [1.807, 2.05) is 42.5 Å². The number of para-hydroxylation sites is 1. The second-order valence-electron chi connectivity index (χ2n) is 9.30. The molecule has 1 atom stereocenters. The molecule has 4 heterocycles. The normalized spacial score (nSPS) is 18.2. The zero-order valence-electron chi connectivity index (χ0n) is 20.1. The topological polar surface area (TPSA) is 87.2 Å². The number of hydrogen-bond donors (Lipinski definition) is 2. The summed E-state index contributed by atoms with van der Waals surface area (Å²) in [5, 5.41) is 4.26. The van der Waals surface area contributed by atoms with Crippen LogP contribution in [0.5, 0.6) is 11.5 Å². The molecular weight excluding hydrogens is 450 g/mol. The third kappa shape index (κ3) is 4.41. The van der Waals surface area contributed by atoms with Crippen LogP contribution >= 0.6 is 0 Å². The first-order valence-corrected chi connectivity index (χ1v) is 12.6. The Hall–Kier alpha value is -3.86. The molecule has 2 saturated heterocycles. The van der Waals surface area contributed by atoms with E-state index in [-0.39, 0.29) is 6.04 Å². The first-order chi connectivity index (χ1) is 17.8. The molecule has 4 aromatic rings. The van der Waals surface area contributed by atoms with Crippen LogP contribution in [-0.4, -0.2) is 40.8 Å². The molecule has 0 saturated carbocycles. The standard InChI is InChI=1S/C29H29N5O2/c30-28-27-26(21-7-9-24(10-8-21)36-23-4-2-1-3-5-23)25(11-6-20-12-15-31-16-13-20)34(22-14-17-35-18-22)29(27)33-19-32-28/h1-5,7-10,19-20,22,31H,12-18H2,(H2,30,32,33). The Kier molecular flexibility index (Phi) is 6.29. The molecule has 3 N–H and O–H groups in total. The molecule has 0 aliphatic carbocycles.